The molecule has 0 saturated carbocycles. The van der Waals surface area contributed by atoms with Gasteiger partial charge in [0, 0.05) is 12.1 Å². The third-order valence-corrected chi connectivity index (χ3v) is 4.01. The number of amides is 1. The highest BCUT2D eigenvalue weighted by molar-refractivity contribution is 6.33. The molecule has 2 heterocycles. The Hall–Kier alpha value is -1.98. The summed E-state index contributed by atoms with van der Waals surface area (Å²) >= 11 is 5.96. The van der Waals surface area contributed by atoms with E-state index in [2.05, 4.69) is 4.90 Å². The largest absolute Gasteiger partial charge is 0.484 e. The zero-order valence-corrected chi connectivity index (χ0v) is 13.2. The van der Waals surface area contributed by atoms with Crippen LogP contribution in [-0.2, 0) is 6.54 Å². The number of hydrogen-bond acceptors (Lipinski definition) is 4. The molecule has 22 heavy (non-hydrogen) atoms. The number of rotatable bonds is 3. The lowest BCUT2D eigenvalue weighted by Crippen LogP contribution is -2.32. The highest BCUT2D eigenvalue weighted by Crippen LogP contribution is 2.33. The van der Waals surface area contributed by atoms with Gasteiger partial charge in [0.15, 0.2) is 0 Å². The molecule has 2 N–H and O–H groups in total. The molecule has 1 aromatic carbocycles. The number of nitrogens with zero attached hydrogens (tertiary/aromatic N) is 1. The van der Waals surface area contributed by atoms with Gasteiger partial charge in [0.25, 0.3) is 0 Å². The molecule has 1 unspecified atom stereocenters. The van der Waals surface area contributed by atoms with Crippen molar-refractivity contribution in [3.63, 3.8) is 0 Å². The molecule has 0 saturated heterocycles. The van der Waals surface area contributed by atoms with E-state index in [0.717, 1.165) is 30.2 Å². The van der Waals surface area contributed by atoms with Crippen LogP contribution in [0.15, 0.2) is 28.7 Å². The molecule has 0 spiro atoms. The first-order valence-corrected chi connectivity index (χ1v) is 7.35. The number of nitrogens with two attached hydrogens (primary N) is 1. The first kappa shape index (κ1) is 14.9. The van der Waals surface area contributed by atoms with E-state index in [4.69, 9.17) is 26.5 Å². The molecule has 0 fully saturated rings. The zero-order valence-electron chi connectivity index (χ0n) is 12.4. The molecule has 1 amide bonds. The molecule has 0 radical (unpaired) electrons. The number of primary amides is 1. The zero-order chi connectivity index (χ0) is 15.9. The molecule has 0 bridgehead atoms. The fraction of sp³-hybridized carbons (Fsp3) is 0.312. The summed E-state index contributed by atoms with van der Waals surface area (Å²) in [6, 6.07) is 6.92. The molecule has 1 aliphatic rings. The van der Waals surface area contributed by atoms with Crippen LogP contribution in [0.5, 0.6) is 5.75 Å². The second-order valence-corrected chi connectivity index (χ2v) is 5.95. The van der Waals surface area contributed by atoms with E-state index in [-0.39, 0.29) is 11.7 Å². The maximum Gasteiger partial charge on any atom is 0.250 e. The van der Waals surface area contributed by atoms with Gasteiger partial charge in [0.2, 0.25) is 5.91 Å². The Bertz CT molecular complexity index is 726. The summed E-state index contributed by atoms with van der Waals surface area (Å²) in [6.07, 6.45) is -0.159. The molecule has 1 aliphatic heterocycles. The van der Waals surface area contributed by atoms with Crippen LogP contribution in [-0.4, -0.2) is 24.4 Å². The summed E-state index contributed by atoms with van der Waals surface area (Å²) < 4.78 is 11.8. The van der Waals surface area contributed by atoms with E-state index >= 15 is 0 Å². The quantitative estimate of drug-likeness (QED) is 0.944. The number of likely N-dealkylation sites (N-methyl/N-ethyl adjacent to an activating group) is 1. The Kier molecular flexibility index (Phi) is 3.85. The number of halogens is 1. The van der Waals surface area contributed by atoms with Crippen molar-refractivity contribution in [1.29, 1.82) is 0 Å². The molecular formula is C16H17ClN2O3. The van der Waals surface area contributed by atoms with Crippen LogP contribution < -0.4 is 10.5 Å². The third kappa shape index (κ3) is 2.82. The molecule has 5 nitrogen and oxygen atoms in total. The smallest absolute Gasteiger partial charge is 0.250 e. The number of carbonyl (C=O) groups is 1. The topological polar surface area (TPSA) is 68.7 Å². The maximum absolute atomic E-state index is 11.4. The number of carbonyl (C=O) groups excluding carboxylic acids is 1. The average molecular weight is 321 g/mol. The monoisotopic (exact) mass is 320 g/mol. The second kappa shape index (κ2) is 5.66. The second-order valence-electron chi connectivity index (χ2n) is 5.54. The fourth-order valence-electron chi connectivity index (χ4n) is 2.70. The standard InChI is InChI=1S/C16H17ClN2O3/c1-9-5-12-14(21-9)7-19(2)8-15(12)22-10-3-4-13(17)11(6-10)16(18)20/h3-6,15H,7-8H2,1-2H3,(H2,18,20). The van der Waals surface area contributed by atoms with E-state index in [1.54, 1.807) is 18.2 Å². The van der Waals surface area contributed by atoms with Crippen molar-refractivity contribution < 1.29 is 13.9 Å². The number of fused-ring (bicyclic) bond motifs is 1. The van der Waals surface area contributed by atoms with Gasteiger partial charge in [-0.15, -0.1) is 0 Å². The predicted octanol–water partition coefficient (Wildman–Crippen LogP) is 2.91. The number of hydrogen-bond donors (Lipinski definition) is 1. The lowest BCUT2D eigenvalue weighted by molar-refractivity contribution is 0.0997. The van der Waals surface area contributed by atoms with E-state index in [1.807, 2.05) is 20.0 Å². The van der Waals surface area contributed by atoms with E-state index in [1.165, 1.54) is 0 Å². The predicted molar refractivity (Wildman–Crippen MR) is 83.1 cm³/mol. The highest BCUT2D eigenvalue weighted by Gasteiger charge is 2.28. The Balaban J connectivity index is 1.90. The van der Waals surface area contributed by atoms with Crippen LogP contribution in [0.4, 0.5) is 0 Å². The van der Waals surface area contributed by atoms with Gasteiger partial charge in [-0.2, -0.15) is 0 Å². The third-order valence-electron chi connectivity index (χ3n) is 3.68. The minimum atomic E-state index is -0.573. The van der Waals surface area contributed by atoms with Gasteiger partial charge in [-0.05, 0) is 38.2 Å². The van der Waals surface area contributed by atoms with Crippen LogP contribution in [0, 0.1) is 6.92 Å². The van der Waals surface area contributed by atoms with Crippen molar-refractivity contribution in [3.05, 3.63) is 51.9 Å². The van der Waals surface area contributed by atoms with Crippen LogP contribution in [0.25, 0.3) is 0 Å². The summed E-state index contributed by atoms with van der Waals surface area (Å²) in [5, 5.41) is 0.320. The molecule has 1 aromatic heterocycles. The van der Waals surface area contributed by atoms with Gasteiger partial charge < -0.3 is 14.9 Å². The van der Waals surface area contributed by atoms with Gasteiger partial charge in [0.1, 0.15) is 23.4 Å². The fourth-order valence-corrected chi connectivity index (χ4v) is 2.91. The lowest BCUT2D eigenvalue weighted by atomic mass is 10.0. The van der Waals surface area contributed by atoms with E-state index < -0.39 is 5.91 Å². The van der Waals surface area contributed by atoms with Gasteiger partial charge in [-0.25, -0.2) is 0 Å². The van der Waals surface area contributed by atoms with Crippen molar-refractivity contribution in [1.82, 2.24) is 4.90 Å². The Morgan fingerprint density at radius 1 is 1.45 bits per heavy atom. The summed E-state index contributed by atoms with van der Waals surface area (Å²) in [6.45, 7) is 3.42. The summed E-state index contributed by atoms with van der Waals surface area (Å²) in [4.78, 5) is 13.5. The molecular weight excluding hydrogens is 304 g/mol. The minimum absolute atomic E-state index is 0.159. The van der Waals surface area contributed by atoms with Gasteiger partial charge in [-0.3, -0.25) is 9.69 Å². The normalized spacial score (nSPS) is 18.0. The molecule has 1 atom stereocenters. The van der Waals surface area contributed by atoms with E-state index in [9.17, 15) is 4.79 Å². The maximum atomic E-state index is 11.4. The van der Waals surface area contributed by atoms with Crippen molar-refractivity contribution in [2.75, 3.05) is 13.6 Å². The molecule has 6 heteroatoms. The molecule has 116 valence electrons. The highest BCUT2D eigenvalue weighted by atomic mass is 35.5. The summed E-state index contributed by atoms with van der Waals surface area (Å²) in [5.41, 5.74) is 6.62. The number of aryl methyl sites for hydroxylation is 1. The van der Waals surface area contributed by atoms with Crippen molar-refractivity contribution >= 4 is 17.5 Å². The SMILES string of the molecule is Cc1cc2c(o1)CN(C)CC2Oc1ccc(Cl)c(C(N)=O)c1. The molecule has 2 aromatic rings. The van der Waals surface area contributed by atoms with Crippen LogP contribution in [0.3, 0.4) is 0 Å². The van der Waals surface area contributed by atoms with Crippen molar-refractivity contribution in [3.8, 4) is 5.75 Å². The Morgan fingerprint density at radius 3 is 2.95 bits per heavy atom. The first-order chi connectivity index (χ1) is 10.4. The van der Waals surface area contributed by atoms with Crippen molar-refractivity contribution in [2.45, 2.75) is 19.6 Å². The number of ether oxygens (including phenoxy) is 1. The lowest BCUT2D eigenvalue weighted by Gasteiger charge is -2.29. The van der Waals surface area contributed by atoms with Gasteiger partial charge >= 0.3 is 0 Å². The number of benzene rings is 1. The van der Waals surface area contributed by atoms with Gasteiger partial charge in [0.05, 0.1) is 17.1 Å². The minimum Gasteiger partial charge on any atom is -0.484 e. The van der Waals surface area contributed by atoms with Crippen LogP contribution >= 0.6 is 11.6 Å². The first-order valence-electron chi connectivity index (χ1n) is 6.98. The molecule has 3 rings (SSSR count). The van der Waals surface area contributed by atoms with Crippen LogP contribution in [0.1, 0.15) is 33.5 Å². The molecule has 0 aliphatic carbocycles. The van der Waals surface area contributed by atoms with Crippen molar-refractivity contribution in [2.24, 2.45) is 5.73 Å². The average Bonchev–Trinajstić information content (AvgIpc) is 2.81. The Morgan fingerprint density at radius 2 is 2.23 bits per heavy atom. The van der Waals surface area contributed by atoms with Gasteiger partial charge in [-0.1, -0.05) is 11.6 Å². The number of furan rings is 1. The Labute approximate surface area is 133 Å². The summed E-state index contributed by atoms with van der Waals surface area (Å²) in [7, 11) is 2.01. The summed E-state index contributed by atoms with van der Waals surface area (Å²) in [5.74, 6) is 1.77. The van der Waals surface area contributed by atoms with Crippen LogP contribution in [0.2, 0.25) is 5.02 Å². The van der Waals surface area contributed by atoms with E-state index in [0.29, 0.717) is 10.8 Å².